The Labute approximate surface area is 168 Å². The van der Waals surface area contributed by atoms with E-state index in [1.807, 2.05) is 36.4 Å². The predicted octanol–water partition coefficient (Wildman–Crippen LogP) is 5.93. The molecule has 0 atom stereocenters. The zero-order valence-corrected chi connectivity index (χ0v) is 16.1. The summed E-state index contributed by atoms with van der Waals surface area (Å²) in [6.07, 6.45) is 0. The molecule has 0 bridgehead atoms. The molecule has 5 rings (SSSR count). The quantitative estimate of drug-likeness (QED) is 0.394. The van der Waals surface area contributed by atoms with E-state index in [0.29, 0.717) is 11.5 Å². The van der Waals surface area contributed by atoms with Crippen LogP contribution in [0.25, 0.3) is 43.7 Å². The van der Waals surface area contributed by atoms with Crippen molar-refractivity contribution in [2.45, 2.75) is 0 Å². The van der Waals surface area contributed by atoms with Crippen LogP contribution < -0.4 is 9.47 Å². The number of nitrogens with zero attached hydrogens (tertiary/aromatic N) is 1. The highest BCUT2D eigenvalue weighted by atomic mass is 16.5. The standard InChI is InChI=1S/C25H19NO3/c1-28-22-13-20-19-12-9-15-5-3-4-6-18(15)25(19)26-24(21(20)14-23(22)29-2)16-7-10-17(27)11-8-16/h3-14,27H,1-2H3. The first-order valence-electron chi connectivity index (χ1n) is 9.36. The van der Waals surface area contributed by atoms with Crippen LogP contribution >= 0.6 is 0 Å². The molecule has 0 unspecified atom stereocenters. The summed E-state index contributed by atoms with van der Waals surface area (Å²) >= 11 is 0. The van der Waals surface area contributed by atoms with E-state index in [1.165, 1.54) is 0 Å². The second kappa shape index (κ2) is 6.67. The largest absolute Gasteiger partial charge is 0.508 e. The first-order chi connectivity index (χ1) is 14.2. The van der Waals surface area contributed by atoms with Crippen LogP contribution in [0.15, 0.2) is 72.8 Å². The maximum absolute atomic E-state index is 9.72. The summed E-state index contributed by atoms with van der Waals surface area (Å²) in [6.45, 7) is 0. The maximum Gasteiger partial charge on any atom is 0.161 e. The average molecular weight is 381 g/mol. The number of phenolic OH excluding ortho intramolecular Hbond substituents is 1. The summed E-state index contributed by atoms with van der Waals surface area (Å²) in [4.78, 5) is 5.08. The molecule has 4 nitrogen and oxygen atoms in total. The van der Waals surface area contributed by atoms with E-state index in [9.17, 15) is 5.11 Å². The number of ether oxygens (including phenoxy) is 2. The summed E-state index contributed by atoms with van der Waals surface area (Å²) < 4.78 is 11.1. The lowest BCUT2D eigenvalue weighted by molar-refractivity contribution is 0.356. The number of benzene rings is 4. The van der Waals surface area contributed by atoms with Crippen molar-refractivity contribution in [1.29, 1.82) is 0 Å². The van der Waals surface area contributed by atoms with Gasteiger partial charge in [-0.25, -0.2) is 4.98 Å². The molecule has 4 heteroatoms. The first-order valence-corrected chi connectivity index (χ1v) is 9.36. The number of aromatic hydroxyl groups is 1. The fourth-order valence-corrected chi connectivity index (χ4v) is 3.90. The number of rotatable bonds is 3. The van der Waals surface area contributed by atoms with Gasteiger partial charge in [0.15, 0.2) is 11.5 Å². The van der Waals surface area contributed by atoms with Crippen molar-refractivity contribution in [2.75, 3.05) is 14.2 Å². The summed E-state index contributed by atoms with van der Waals surface area (Å²) in [5.74, 6) is 1.56. The van der Waals surface area contributed by atoms with E-state index in [0.717, 1.165) is 43.7 Å². The third kappa shape index (κ3) is 2.72. The van der Waals surface area contributed by atoms with Crippen LogP contribution in [-0.2, 0) is 0 Å². The minimum atomic E-state index is 0.226. The summed E-state index contributed by atoms with van der Waals surface area (Å²) in [5.41, 5.74) is 2.70. The van der Waals surface area contributed by atoms with Gasteiger partial charge in [-0.3, -0.25) is 0 Å². The van der Waals surface area contributed by atoms with Crippen LogP contribution in [0.3, 0.4) is 0 Å². The van der Waals surface area contributed by atoms with Gasteiger partial charge in [-0.05, 0) is 47.2 Å². The van der Waals surface area contributed by atoms with Gasteiger partial charge in [0.1, 0.15) is 5.75 Å². The zero-order valence-electron chi connectivity index (χ0n) is 16.1. The summed E-state index contributed by atoms with van der Waals surface area (Å²) in [7, 11) is 3.27. The van der Waals surface area contributed by atoms with Gasteiger partial charge in [-0.15, -0.1) is 0 Å². The minimum Gasteiger partial charge on any atom is -0.508 e. The van der Waals surface area contributed by atoms with Gasteiger partial charge in [0.25, 0.3) is 0 Å². The normalized spacial score (nSPS) is 11.2. The monoisotopic (exact) mass is 381 g/mol. The molecule has 142 valence electrons. The van der Waals surface area contributed by atoms with Crippen molar-refractivity contribution in [3.8, 4) is 28.5 Å². The fourth-order valence-electron chi connectivity index (χ4n) is 3.90. The van der Waals surface area contributed by atoms with E-state index >= 15 is 0 Å². The molecule has 5 aromatic rings. The van der Waals surface area contributed by atoms with E-state index in [4.69, 9.17) is 14.5 Å². The molecule has 0 fully saturated rings. The second-order valence-corrected chi connectivity index (χ2v) is 6.94. The van der Waals surface area contributed by atoms with E-state index in [-0.39, 0.29) is 5.75 Å². The van der Waals surface area contributed by atoms with Gasteiger partial charge in [-0.2, -0.15) is 0 Å². The molecular weight excluding hydrogens is 362 g/mol. The lowest BCUT2D eigenvalue weighted by Crippen LogP contribution is -1.95. The number of aromatic nitrogens is 1. The van der Waals surface area contributed by atoms with Crippen molar-refractivity contribution < 1.29 is 14.6 Å². The van der Waals surface area contributed by atoms with Crippen molar-refractivity contribution >= 4 is 32.4 Å². The third-order valence-electron chi connectivity index (χ3n) is 5.33. The molecule has 1 heterocycles. The molecule has 0 saturated carbocycles. The predicted molar refractivity (Wildman–Crippen MR) is 117 cm³/mol. The first kappa shape index (κ1) is 17.3. The molecule has 1 aromatic heterocycles. The van der Waals surface area contributed by atoms with Crippen molar-refractivity contribution in [3.63, 3.8) is 0 Å². The van der Waals surface area contributed by atoms with Crippen LogP contribution in [0.5, 0.6) is 17.2 Å². The molecule has 4 aromatic carbocycles. The highest BCUT2D eigenvalue weighted by Gasteiger charge is 2.16. The summed E-state index contributed by atoms with van der Waals surface area (Å²) in [6, 6.07) is 23.6. The van der Waals surface area contributed by atoms with Crippen LogP contribution in [0, 0.1) is 0 Å². The Bertz CT molecular complexity index is 1370. The highest BCUT2D eigenvalue weighted by molar-refractivity contribution is 6.18. The molecule has 0 aliphatic heterocycles. The SMILES string of the molecule is COc1cc2c(-c3ccc(O)cc3)nc3c4ccccc4ccc3c2cc1OC. The third-order valence-corrected chi connectivity index (χ3v) is 5.33. The molecule has 0 radical (unpaired) electrons. The van der Waals surface area contributed by atoms with Gasteiger partial charge < -0.3 is 14.6 Å². The van der Waals surface area contributed by atoms with Crippen molar-refractivity contribution in [3.05, 3.63) is 72.8 Å². The fraction of sp³-hybridized carbons (Fsp3) is 0.0800. The Kier molecular flexibility index (Phi) is 3.98. The number of pyridine rings is 1. The van der Waals surface area contributed by atoms with Crippen LogP contribution in [0.2, 0.25) is 0 Å². The molecular formula is C25H19NO3. The zero-order chi connectivity index (χ0) is 20.0. The highest BCUT2D eigenvalue weighted by Crippen LogP contribution is 2.41. The van der Waals surface area contributed by atoms with Gasteiger partial charge in [0.2, 0.25) is 0 Å². The summed E-state index contributed by atoms with van der Waals surface area (Å²) in [5, 5.41) is 15.0. The lowest BCUT2D eigenvalue weighted by Gasteiger charge is -2.15. The van der Waals surface area contributed by atoms with Crippen LogP contribution in [-0.4, -0.2) is 24.3 Å². The smallest absolute Gasteiger partial charge is 0.161 e. The Hall–Kier alpha value is -3.79. The lowest BCUT2D eigenvalue weighted by atomic mass is 9.97. The number of phenols is 1. The van der Waals surface area contributed by atoms with E-state index in [2.05, 4.69) is 24.3 Å². The molecule has 29 heavy (non-hydrogen) atoms. The van der Waals surface area contributed by atoms with Gasteiger partial charge in [0, 0.05) is 21.7 Å². The Balaban J connectivity index is 1.98. The van der Waals surface area contributed by atoms with Crippen molar-refractivity contribution in [2.24, 2.45) is 0 Å². The van der Waals surface area contributed by atoms with Crippen molar-refractivity contribution in [1.82, 2.24) is 4.98 Å². The molecule has 1 N–H and O–H groups in total. The molecule has 0 saturated heterocycles. The van der Waals surface area contributed by atoms with E-state index in [1.54, 1.807) is 26.4 Å². The topological polar surface area (TPSA) is 51.6 Å². The average Bonchev–Trinajstić information content (AvgIpc) is 2.77. The van der Waals surface area contributed by atoms with Gasteiger partial charge in [-0.1, -0.05) is 36.4 Å². The Morgan fingerprint density at radius 3 is 2.10 bits per heavy atom. The number of methoxy groups -OCH3 is 2. The Morgan fingerprint density at radius 1 is 0.690 bits per heavy atom. The number of fused-ring (bicyclic) bond motifs is 5. The molecule has 0 spiro atoms. The number of hydrogen-bond acceptors (Lipinski definition) is 4. The minimum absolute atomic E-state index is 0.226. The molecule has 0 aliphatic carbocycles. The van der Waals surface area contributed by atoms with Crippen LogP contribution in [0.1, 0.15) is 0 Å². The Morgan fingerprint density at radius 2 is 1.38 bits per heavy atom. The maximum atomic E-state index is 9.72. The van der Waals surface area contributed by atoms with Crippen LogP contribution in [0.4, 0.5) is 0 Å². The van der Waals surface area contributed by atoms with Gasteiger partial charge >= 0.3 is 0 Å². The molecule has 0 amide bonds. The van der Waals surface area contributed by atoms with E-state index < -0.39 is 0 Å². The van der Waals surface area contributed by atoms with Gasteiger partial charge in [0.05, 0.1) is 25.4 Å². The number of hydrogen-bond donors (Lipinski definition) is 1. The molecule has 0 aliphatic rings. The second-order valence-electron chi connectivity index (χ2n) is 6.94.